The molecule has 3 aromatic rings. The van der Waals surface area contributed by atoms with E-state index in [9.17, 15) is 9.90 Å². The number of anilines is 1. The molecule has 20 heavy (non-hydrogen) atoms. The van der Waals surface area contributed by atoms with Crippen molar-refractivity contribution in [3.8, 4) is 5.75 Å². The predicted molar refractivity (Wildman–Crippen MR) is 82.1 cm³/mol. The third-order valence-corrected chi connectivity index (χ3v) is 3.47. The number of nitrogens with one attached hydrogen (secondary N) is 2. The lowest BCUT2D eigenvalue weighted by atomic mass is 10.2. The summed E-state index contributed by atoms with van der Waals surface area (Å²) in [5.74, 6) is -0.251. The van der Waals surface area contributed by atoms with Crippen molar-refractivity contribution in [3.05, 3.63) is 58.7 Å². The minimum absolute atomic E-state index is 0.0414. The minimum Gasteiger partial charge on any atom is -0.506 e. The molecule has 0 bridgehead atoms. The van der Waals surface area contributed by atoms with Gasteiger partial charge in [0.15, 0.2) is 0 Å². The van der Waals surface area contributed by atoms with Gasteiger partial charge in [-0.1, -0.05) is 34.1 Å². The molecule has 0 saturated carbocycles. The Morgan fingerprint density at radius 3 is 2.75 bits per heavy atom. The molecule has 2 aromatic carbocycles. The average molecular weight is 331 g/mol. The van der Waals surface area contributed by atoms with Crippen LogP contribution in [-0.4, -0.2) is 16.0 Å². The van der Waals surface area contributed by atoms with E-state index in [0.29, 0.717) is 11.4 Å². The summed E-state index contributed by atoms with van der Waals surface area (Å²) in [5.41, 5.74) is 1.71. The van der Waals surface area contributed by atoms with Crippen molar-refractivity contribution in [2.45, 2.75) is 0 Å². The molecule has 0 spiro atoms. The SMILES string of the molecule is O=C(Nc1ccccc1O)c1cc2ccc(Br)cc2[nH]1. The average Bonchev–Trinajstić information content (AvgIpc) is 2.84. The summed E-state index contributed by atoms with van der Waals surface area (Å²) in [4.78, 5) is 15.2. The van der Waals surface area contributed by atoms with Gasteiger partial charge in [-0.05, 0) is 30.3 Å². The number of aromatic amines is 1. The summed E-state index contributed by atoms with van der Waals surface area (Å²) in [6, 6.07) is 14.1. The zero-order valence-electron chi connectivity index (χ0n) is 10.4. The van der Waals surface area contributed by atoms with Crippen LogP contribution < -0.4 is 5.32 Å². The fourth-order valence-electron chi connectivity index (χ4n) is 1.99. The van der Waals surface area contributed by atoms with Crippen molar-refractivity contribution in [1.29, 1.82) is 0 Å². The number of phenolic OH excluding ortho intramolecular Hbond substituents is 1. The topological polar surface area (TPSA) is 65.1 Å². The van der Waals surface area contributed by atoms with Crippen LogP contribution in [0.4, 0.5) is 5.69 Å². The molecule has 5 heteroatoms. The molecule has 1 heterocycles. The molecule has 0 aliphatic rings. The molecule has 4 nitrogen and oxygen atoms in total. The first kappa shape index (κ1) is 12.7. The largest absolute Gasteiger partial charge is 0.506 e. The Kier molecular flexibility index (Phi) is 3.20. The standard InChI is InChI=1S/C15H11BrN2O2/c16-10-6-5-9-7-13(17-12(9)8-10)15(20)18-11-3-1-2-4-14(11)19/h1-8,17,19H,(H,18,20). The van der Waals surface area contributed by atoms with E-state index in [0.717, 1.165) is 15.4 Å². The summed E-state index contributed by atoms with van der Waals surface area (Å²) in [6.07, 6.45) is 0. The van der Waals surface area contributed by atoms with E-state index in [2.05, 4.69) is 26.2 Å². The molecular weight excluding hydrogens is 320 g/mol. The van der Waals surface area contributed by atoms with Crippen molar-refractivity contribution in [3.63, 3.8) is 0 Å². The highest BCUT2D eigenvalue weighted by atomic mass is 79.9. The van der Waals surface area contributed by atoms with E-state index in [1.165, 1.54) is 6.07 Å². The van der Waals surface area contributed by atoms with E-state index in [1.807, 2.05) is 18.2 Å². The smallest absolute Gasteiger partial charge is 0.272 e. The van der Waals surface area contributed by atoms with Gasteiger partial charge in [-0.2, -0.15) is 0 Å². The quantitative estimate of drug-likeness (QED) is 0.624. The van der Waals surface area contributed by atoms with Gasteiger partial charge in [0.25, 0.3) is 5.91 Å². The van der Waals surface area contributed by atoms with Crippen LogP contribution in [0.1, 0.15) is 10.5 Å². The van der Waals surface area contributed by atoms with Crippen molar-refractivity contribution >= 4 is 38.4 Å². The highest BCUT2D eigenvalue weighted by molar-refractivity contribution is 9.10. The third-order valence-electron chi connectivity index (χ3n) is 2.98. The van der Waals surface area contributed by atoms with Crippen LogP contribution in [0.15, 0.2) is 53.0 Å². The van der Waals surface area contributed by atoms with E-state index in [4.69, 9.17) is 0 Å². The summed E-state index contributed by atoms with van der Waals surface area (Å²) >= 11 is 3.39. The van der Waals surface area contributed by atoms with Crippen LogP contribution in [0.3, 0.4) is 0 Å². The molecule has 0 aliphatic heterocycles. The number of rotatable bonds is 2. The summed E-state index contributed by atoms with van der Waals surface area (Å²) in [5, 5.41) is 13.3. The Bertz CT molecular complexity index is 795. The molecular formula is C15H11BrN2O2. The van der Waals surface area contributed by atoms with Gasteiger partial charge in [0.05, 0.1) is 5.69 Å². The Morgan fingerprint density at radius 2 is 1.95 bits per heavy atom. The van der Waals surface area contributed by atoms with Gasteiger partial charge >= 0.3 is 0 Å². The van der Waals surface area contributed by atoms with Crippen LogP contribution in [0.25, 0.3) is 10.9 Å². The lowest BCUT2D eigenvalue weighted by Gasteiger charge is -2.05. The van der Waals surface area contributed by atoms with Gasteiger partial charge in [0, 0.05) is 15.4 Å². The molecule has 100 valence electrons. The molecule has 0 radical (unpaired) electrons. The van der Waals surface area contributed by atoms with E-state index in [1.54, 1.807) is 24.3 Å². The molecule has 0 atom stereocenters. The number of fused-ring (bicyclic) bond motifs is 1. The first-order valence-corrected chi connectivity index (χ1v) is 6.80. The number of para-hydroxylation sites is 2. The Labute approximate surface area is 123 Å². The molecule has 3 N–H and O–H groups in total. The zero-order chi connectivity index (χ0) is 14.1. The molecule has 3 rings (SSSR count). The first-order valence-electron chi connectivity index (χ1n) is 6.01. The van der Waals surface area contributed by atoms with Gasteiger partial charge in [-0.15, -0.1) is 0 Å². The van der Waals surface area contributed by atoms with Gasteiger partial charge in [0.1, 0.15) is 11.4 Å². The van der Waals surface area contributed by atoms with Gasteiger partial charge in [-0.25, -0.2) is 0 Å². The van der Waals surface area contributed by atoms with Crippen LogP contribution in [0.2, 0.25) is 0 Å². The van der Waals surface area contributed by atoms with E-state index < -0.39 is 0 Å². The fraction of sp³-hybridized carbons (Fsp3) is 0. The van der Waals surface area contributed by atoms with Crippen LogP contribution in [0, 0.1) is 0 Å². The molecule has 0 aliphatic carbocycles. The van der Waals surface area contributed by atoms with Crippen molar-refractivity contribution < 1.29 is 9.90 Å². The number of amides is 1. The maximum absolute atomic E-state index is 12.2. The number of carbonyl (C=O) groups excluding carboxylic acids is 1. The Balaban J connectivity index is 1.91. The van der Waals surface area contributed by atoms with Crippen LogP contribution in [-0.2, 0) is 0 Å². The van der Waals surface area contributed by atoms with Crippen molar-refractivity contribution in [1.82, 2.24) is 4.98 Å². The highest BCUT2D eigenvalue weighted by Crippen LogP contribution is 2.24. The zero-order valence-corrected chi connectivity index (χ0v) is 11.9. The minimum atomic E-state index is -0.293. The van der Waals surface area contributed by atoms with Crippen LogP contribution >= 0.6 is 15.9 Å². The second-order valence-electron chi connectivity index (χ2n) is 4.39. The maximum Gasteiger partial charge on any atom is 0.272 e. The lowest BCUT2D eigenvalue weighted by Crippen LogP contribution is -2.12. The second kappa shape index (κ2) is 5.02. The monoisotopic (exact) mass is 330 g/mol. The van der Waals surface area contributed by atoms with Gasteiger partial charge < -0.3 is 15.4 Å². The van der Waals surface area contributed by atoms with Crippen molar-refractivity contribution in [2.75, 3.05) is 5.32 Å². The highest BCUT2D eigenvalue weighted by Gasteiger charge is 2.11. The second-order valence-corrected chi connectivity index (χ2v) is 5.30. The van der Waals surface area contributed by atoms with Gasteiger partial charge in [-0.3, -0.25) is 4.79 Å². The number of benzene rings is 2. The summed E-state index contributed by atoms with van der Waals surface area (Å²) in [7, 11) is 0. The summed E-state index contributed by atoms with van der Waals surface area (Å²) in [6.45, 7) is 0. The number of halogens is 1. The molecule has 0 fully saturated rings. The number of aromatic hydroxyl groups is 1. The fourth-order valence-corrected chi connectivity index (χ4v) is 2.35. The number of phenols is 1. The number of carbonyl (C=O) groups is 1. The van der Waals surface area contributed by atoms with E-state index >= 15 is 0 Å². The molecule has 1 aromatic heterocycles. The third kappa shape index (κ3) is 2.40. The predicted octanol–water partition coefficient (Wildman–Crippen LogP) is 3.89. The van der Waals surface area contributed by atoms with E-state index in [-0.39, 0.29) is 11.7 Å². The summed E-state index contributed by atoms with van der Waals surface area (Å²) < 4.78 is 0.944. The lowest BCUT2D eigenvalue weighted by molar-refractivity contribution is 0.102. The number of hydrogen-bond donors (Lipinski definition) is 3. The molecule has 1 amide bonds. The normalized spacial score (nSPS) is 10.7. The van der Waals surface area contributed by atoms with Gasteiger partial charge in [0.2, 0.25) is 0 Å². The van der Waals surface area contributed by atoms with Crippen LogP contribution in [0.5, 0.6) is 5.75 Å². The number of hydrogen-bond acceptors (Lipinski definition) is 2. The number of H-pyrrole nitrogens is 1. The number of aromatic nitrogens is 1. The maximum atomic E-state index is 12.2. The Morgan fingerprint density at radius 1 is 1.15 bits per heavy atom. The first-order chi connectivity index (χ1) is 9.63. The molecule has 0 saturated heterocycles. The molecule has 0 unspecified atom stereocenters. The van der Waals surface area contributed by atoms with Crippen molar-refractivity contribution in [2.24, 2.45) is 0 Å². The Hall–Kier alpha value is -2.27.